The van der Waals surface area contributed by atoms with E-state index in [1.54, 1.807) is 44.2 Å². The minimum Gasteiger partial charge on any atom is -0.497 e. The van der Waals surface area contributed by atoms with Gasteiger partial charge in [-0.25, -0.2) is 9.78 Å². The highest BCUT2D eigenvalue weighted by Gasteiger charge is 2.20. The lowest BCUT2D eigenvalue weighted by Crippen LogP contribution is -2.30. The molecule has 3 aromatic carbocycles. The summed E-state index contributed by atoms with van der Waals surface area (Å²) < 4.78 is 13.0. The Hall–Kier alpha value is -3.33. The van der Waals surface area contributed by atoms with Crippen LogP contribution in [-0.4, -0.2) is 42.1 Å². The molecule has 4 aromatic rings. The van der Waals surface area contributed by atoms with Gasteiger partial charge in [0.15, 0.2) is 5.16 Å². The number of aromatic nitrogens is 2. The zero-order valence-electron chi connectivity index (χ0n) is 22.0. The molecule has 0 atom stereocenters. The van der Waals surface area contributed by atoms with Gasteiger partial charge in [0.1, 0.15) is 11.5 Å². The van der Waals surface area contributed by atoms with Gasteiger partial charge in [-0.3, -0.25) is 0 Å². The van der Waals surface area contributed by atoms with Crippen molar-refractivity contribution in [2.75, 3.05) is 31.8 Å². The van der Waals surface area contributed by atoms with E-state index in [2.05, 4.69) is 34.3 Å². The van der Waals surface area contributed by atoms with Gasteiger partial charge >= 0.3 is 6.03 Å². The van der Waals surface area contributed by atoms with Crippen molar-refractivity contribution in [2.24, 2.45) is 0 Å². The van der Waals surface area contributed by atoms with Gasteiger partial charge in [-0.15, -0.1) is 0 Å². The molecular weight excluding hydrogens is 555 g/mol. The lowest BCUT2D eigenvalue weighted by Gasteiger charge is -2.13. The molecule has 2 N–H and O–H groups in total. The van der Waals surface area contributed by atoms with Crippen LogP contribution in [0.5, 0.6) is 11.5 Å². The predicted octanol–water partition coefficient (Wildman–Crippen LogP) is 7.86. The molecule has 0 saturated carbocycles. The van der Waals surface area contributed by atoms with Gasteiger partial charge in [-0.05, 0) is 67.1 Å². The van der Waals surface area contributed by atoms with Gasteiger partial charge in [-0.2, -0.15) is 0 Å². The average molecular weight is 586 g/mol. The van der Waals surface area contributed by atoms with Crippen LogP contribution in [0.4, 0.5) is 10.5 Å². The van der Waals surface area contributed by atoms with E-state index in [0.717, 1.165) is 52.1 Å². The molecule has 0 fully saturated rings. The first-order valence-electron chi connectivity index (χ1n) is 12.5. The fourth-order valence-corrected chi connectivity index (χ4v) is 5.27. The first-order valence-corrected chi connectivity index (χ1v) is 14.2. The number of anilines is 1. The first kappa shape index (κ1) is 28.7. The summed E-state index contributed by atoms with van der Waals surface area (Å²) in [6, 6.07) is 20.7. The lowest BCUT2D eigenvalue weighted by atomic mass is 10.0. The third-order valence-electron chi connectivity index (χ3n) is 5.93. The highest BCUT2D eigenvalue weighted by Crippen LogP contribution is 2.37. The van der Waals surface area contributed by atoms with Crippen LogP contribution >= 0.6 is 35.0 Å². The monoisotopic (exact) mass is 584 g/mol. The molecule has 1 heterocycles. The molecule has 0 bridgehead atoms. The molecule has 0 aliphatic heterocycles. The Bertz CT molecular complexity index is 1410. The topological polar surface area (TPSA) is 77.4 Å². The van der Waals surface area contributed by atoms with Crippen molar-refractivity contribution in [1.82, 2.24) is 14.9 Å². The Morgan fingerprint density at radius 1 is 0.949 bits per heavy atom. The van der Waals surface area contributed by atoms with E-state index in [1.165, 1.54) is 0 Å². The van der Waals surface area contributed by atoms with E-state index in [-0.39, 0.29) is 6.03 Å². The van der Waals surface area contributed by atoms with Crippen LogP contribution in [0.1, 0.15) is 13.3 Å². The molecule has 4 rings (SSSR count). The minimum absolute atomic E-state index is 0.308. The summed E-state index contributed by atoms with van der Waals surface area (Å²) in [5.41, 5.74) is 4.43. The number of rotatable bonds is 11. The van der Waals surface area contributed by atoms with E-state index in [4.69, 9.17) is 37.7 Å². The van der Waals surface area contributed by atoms with Crippen molar-refractivity contribution < 1.29 is 14.3 Å². The van der Waals surface area contributed by atoms with E-state index >= 15 is 0 Å². The van der Waals surface area contributed by atoms with Gasteiger partial charge in [0.25, 0.3) is 0 Å². The summed E-state index contributed by atoms with van der Waals surface area (Å²) >= 11 is 13.8. The third-order valence-corrected chi connectivity index (χ3v) is 7.72. The number of thioether (sulfide) groups is 1. The standard InChI is InChI=1S/C29H30Cl2N4O3S/c1-4-17-35-27(20-10-14-22(38-3)15-11-20)26(19-8-12-21(37-2)13-9-19)34-29(35)39-18-16-32-28(36)33-24-7-5-6-23(30)25(24)31/h5-15H,4,16-18H2,1-3H3,(H2,32,33,36). The second-order valence-corrected chi connectivity index (χ2v) is 10.4. The molecule has 0 spiro atoms. The molecule has 7 nitrogen and oxygen atoms in total. The Kier molecular flexibility index (Phi) is 10.0. The zero-order chi connectivity index (χ0) is 27.8. The number of carbonyl (C=O) groups is 1. The van der Waals surface area contributed by atoms with Crippen LogP contribution in [0.2, 0.25) is 10.0 Å². The largest absolute Gasteiger partial charge is 0.497 e. The molecule has 0 unspecified atom stereocenters. The van der Waals surface area contributed by atoms with E-state index in [1.807, 2.05) is 36.4 Å². The van der Waals surface area contributed by atoms with Crippen molar-refractivity contribution in [3.8, 4) is 34.0 Å². The van der Waals surface area contributed by atoms with Gasteiger partial charge in [0.05, 0.1) is 41.3 Å². The van der Waals surface area contributed by atoms with Gasteiger partial charge in [0, 0.05) is 30.0 Å². The van der Waals surface area contributed by atoms with Crippen LogP contribution in [0.15, 0.2) is 71.9 Å². The summed E-state index contributed by atoms with van der Waals surface area (Å²) in [4.78, 5) is 17.5. The molecule has 204 valence electrons. The number of nitrogens with one attached hydrogen (secondary N) is 2. The van der Waals surface area contributed by atoms with Crippen molar-refractivity contribution in [3.63, 3.8) is 0 Å². The number of hydrogen-bond acceptors (Lipinski definition) is 5. The number of urea groups is 1. The van der Waals surface area contributed by atoms with Crippen molar-refractivity contribution in [1.29, 1.82) is 0 Å². The zero-order valence-corrected chi connectivity index (χ0v) is 24.3. The summed E-state index contributed by atoms with van der Waals surface area (Å²) in [5, 5.41) is 7.18. The first-order chi connectivity index (χ1) is 18.9. The summed E-state index contributed by atoms with van der Waals surface area (Å²) in [7, 11) is 3.31. The number of ether oxygens (including phenoxy) is 2. The molecule has 1 aromatic heterocycles. The van der Waals surface area contributed by atoms with Gasteiger partial charge in [-0.1, -0.05) is 48.0 Å². The number of imidazole rings is 1. The number of halogens is 2. The smallest absolute Gasteiger partial charge is 0.319 e. The fourth-order valence-electron chi connectivity index (χ4n) is 4.04. The average Bonchev–Trinajstić information content (AvgIpc) is 3.31. The number of methoxy groups -OCH3 is 2. The maximum absolute atomic E-state index is 12.4. The second kappa shape index (κ2) is 13.6. The van der Waals surface area contributed by atoms with Crippen molar-refractivity contribution >= 4 is 46.7 Å². The lowest BCUT2D eigenvalue weighted by molar-refractivity contribution is 0.252. The molecular formula is C29H30Cl2N4O3S. The highest BCUT2D eigenvalue weighted by molar-refractivity contribution is 7.99. The molecule has 10 heteroatoms. The van der Waals surface area contributed by atoms with E-state index in [9.17, 15) is 4.79 Å². The Balaban J connectivity index is 1.55. The number of nitrogens with zero attached hydrogens (tertiary/aromatic N) is 2. The number of benzene rings is 3. The highest BCUT2D eigenvalue weighted by atomic mass is 35.5. The quantitative estimate of drug-likeness (QED) is 0.138. The van der Waals surface area contributed by atoms with Crippen molar-refractivity contribution in [2.45, 2.75) is 25.0 Å². The Labute approximate surface area is 242 Å². The Morgan fingerprint density at radius 3 is 2.21 bits per heavy atom. The van der Waals surface area contributed by atoms with Gasteiger partial charge in [0.2, 0.25) is 0 Å². The third kappa shape index (κ3) is 7.01. The summed E-state index contributed by atoms with van der Waals surface area (Å²) in [5.74, 6) is 2.21. The van der Waals surface area contributed by atoms with Crippen molar-refractivity contribution in [3.05, 3.63) is 76.8 Å². The fraction of sp³-hybridized carbons (Fsp3) is 0.241. The maximum atomic E-state index is 12.4. The van der Waals surface area contributed by atoms with Crippen LogP contribution in [-0.2, 0) is 6.54 Å². The van der Waals surface area contributed by atoms with E-state index in [0.29, 0.717) is 28.0 Å². The summed E-state index contributed by atoms with van der Waals surface area (Å²) in [6.45, 7) is 3.38. The minimum atomic E-state index is -0.352. The summed E-state index contributed by atoms with van der Waals surface area (Å²) in [6.07, 6.45) is 0.941. The molecule has 2 amide bonds. The number of amides is 2. The molecule has 0 aliphatic rings. The normalized spacial score (nSPS) is 10.8. The SMILES string of the molecule is CCCn1c(SCCNC(=O)Nc2cccc(Cl)c2Cl)nc(-c2ccc(OC)cc2)c1-c1ccc(OC)cc1. The Morgan fingerprint density at radius 2 is 1.59 bits per heavy atom. The molecule has 0 saturated heterocycles. The molecule has 39 heavy (non-hydrogen) atoms. The van der Waals surface area contributed by atoms with Crippen LogP contribution in [0.3, 0.4) is 0 Å². The van der Waals surface area contributed by atoms with Crippen LogP contribution < -0.4 is 20.1 Å². The van der Waals surface area contributed by atoms with Gasteiger partial charge < -0.3 is 24.7 Å². The number of hydrogen-bond donors (Lipinski definition) is 2. The van der Waals surface area contributed by atoms with Crippen LogP contribution in [0.25, 0.3) is 22.5 Å². The van der Waals surface area contributed by atoms with E-state index < -0.39 is 0 Å². The maximum Gasteiger partial charge on any atom is 0.319 e. The van der Waals surface area contributed by atoms with Crippen LogP contribution in [0, 0.1) is 0 Å². The second-order valence-electron chi connectivity index (χ2n) is 8.53. The predicted molar refractivity (Wildman–Crippen MR) is 161 cm³/mol. The molecule has 0 aliphatic carbocycles. The number of carbonyl (C=O) groups excluding carboxylic acids is 1. The molecule has 0 radical (unpaired) electrons.